The van der Waals surface area contributed by atoms with Gasteiger partial charge in [-0.1, -0.05) is 60.2 Å². The van der Waals surface area contributed by atoms with Gasteiger partial charge in [0.1, 0.15) is 24.5 Å². The number of anilines is 1. The lowest BCUT2D eigenvalue weighted by molar-refractivity contribution is -0.122. The number of amides is 4. The van der Waals surface area contributed by atoms with Gasteiger partial charge >= 0.3 is 6.03 Å². The summed E-state index contributed by atoms with van der Waals surface area (Å²) in [5.74, 6) is -0.0905. The Bertz CT molecular complexity index is 1650. The molecule has 5 rings (SSSR count). The van der Waals surface area contributed by atoms with Crippen LogP contribution in [0.4, 0.5) is 10.5 Å². The summed E-state index contributed by atoms with van der Waals surface area (Å²) in [6, 6.07) is 26.7. The summed E-state index contributed by atoms with van der Waals surface area (Å²) in [5, 5.41) is 2.25. The zero-order valence-electron chi connectivity index (χ0n) is 22.9. The number of imide groups is 2. The van der Waals surface area contributed by atoms with Crippen molar-refractivity contribution in [2.24, 2.45) is 0 Å². The second-order valence-corrected chi connectivity index (χ2v) is 10.4. The second kappa shape index (κ2) is 12.7. The number of halogens is 1. The van der Waals surface area contributed by atoms with Crippen LogP contribution in [0.2, 0.25) is 0 Å². The molecule has 0 bridgehead atoms. The number of carbonyl (C=O) groups is 3. The third kappa shape index (κ3) is 6.53. The van der Waals surface area contributed by atoms with Crippen LogP contribution in [0.5, 0.6) is 17.2 Å². The Morgan fingerprint density at radius 2 is 1.50 bits per heavy atom. The number of hydrogen-bond donors (Lipinski definition) is 1. The standard InChI is InChI=1S/C33H27BrN2O6/c1-21-8-10-23(11-9-21)19-41-26-14-12-25(13-15-26)36-32(38)27(31(37)35-33(36)39)16-24-17-28(34)30(29(18-24)40-2)42-20-22-6-4-3-5-7-22/h3-18H,19-20H2,1-2H3,(H,35,37,39)/b27-16+. The average molecular weight is 627 g/mol. The van der Waals surface area contributed by atoms with E-state index in [2.05, 4.69) is 21.2 Å². The number of aryl methyl sites for hydroxylation is 1. The molecule has 0 aromatic heterocycles. The molecular formula is C33H27BrN2O6. The highest BCUT2D eigenvalue weighted by Gasteiger charge is 2.37. The Labute approximate surface area is 251 Å². The van der Waals surface area contributed by atoms with Crippen molar-refractivity contribution < 1.29 is 28.6 Å². The molecule has 0 aliphatic carbocycles. The Morgan fingerprint density at radius 1 is 0.833 bits per heavy atom. The highest BCUT2D eigenvalue weighted by Crippen LogP contribution is 2.38. The summed E-state index contributed by atoms with van der Waals surface area (Å²) in [5.41, 5.74) is 3.75. The largest absolute Gasteiger partial charge is 0.493 e. The maximum atomic E-state index is 13.4. The zero-order chi connectivity index (χ0) is 29.6. The van der Waals surface area contributed by atoms with E-state index in [4.69, 9.17) is 14.2 Å². The first-order chi connectivity index (χ1) is 20.3. The van der Waals surface area contributed by atoms with E-state index in [-0.39, 0.29) is 5.57 Å². The van der Waals surface area contributed by atoms with Gasteiger partial charge in [0, 0.05) is 0 Å². The monoisotopic (exact) mass is 626 g/mol. The summed E-state index contributed by atoms with van der Waals surface area (Å²) >= 11 is 3.51. The number of nitrogens with one attached hydrogen (secondary N) is 1. The molecule has 4 aromatic rings. The normalized spacial score (nSPS) is 14.1. The molecule has 8 nitrogen and oxygen atoms in total. The van der Waals surface area contributed by atoms with Gasteiger partial charge in [-0.25, -0.2) is 9.69 Å². The van der Waals surface area contributed by atoms with Gasteiger partial charge in [-0.05, 0) is 82.0 Å². The number of barbiturate groups is 1. The number of hydrogen-bond acceptors (Lipinski definition) is 6. The van der Waals surface area contributed by atoms with Crippen LogP contribution < -0.4 is 24.4 Å². The number of urea groups is 1. The van der Waals surface area contributed by atoms with E-state index in [1.165, 1.54) is 13.2 Å². The number of carbonyl (C=O) groups excluding carboxylic acids is 3. The summed E-state index contributed by atoms with van der Waals surface area (Å²) in [7, 11) is 1.50. The Balaban J connectivity index is 1.34. The minimum Gasteiger partial charge on any atom is -0.493 e. The van der Waals surface area contributed by atoms with Gasteiger partial charge in [0.05, 0.1) is 17.3 Å². The molecule has 42 heavy (non-hydrogen) atoms. The fourth-order valence-electron chi connectivity index (χ4n) is 4.29. The Hall–Kier alpha value is -4.89. The van der Waals surface area contributed by atoms with Crippen molar-refractivity contribution in [3.8, 4) is 17.2 Å². The van der Waals surface area contributed by atoms with E-state index in [1.54, 1.807) is 36.4 Å². The van der Waals surface area contributed by atoms with Gasteiger partial charge < -0.3 is 14.2 Å². The molecule has 0 saturated carbocycles. The molecule has 1 aliphatic heterocycles. The minimum atomic E-state index is -0.834. The van der Waals surface area contributed by atoms with Crippen LogP contribution in [0.25, 0.3) is 6.08 Å². The molecule has 4 aromatic carbocycles. The topological polar surface area (TPSA) is 94.2 Å². The Kier molecular flexibility index (Phi) is 8.68. The molecule has 4 amide bonds. The van der Waals surface area contributed by atoms with Crippen molar-refractivity contribution in [3.63, 3.8) is 0 Å². The fourth-order valence-corrected chi connectivity index (χ4v) is 4.87. The summed E-state index contributed by atoms with van der Waals surface area (Å²) in [6.07, 6.45) is 1.41. The average Bonchev–Trinajstić information content (AvgIpc) is 2.99. The zero-order valence-corrected chi connectivity index (χ0v) is 24.5. The first kappa shape index (κ1) is 28.6. The van der Waals surface area contributed by atoms with Gasteiger partial charge in [0.15, 0.2) is 11.5 Å². The van der Waals surface area contributed by atoms with Crippen molar-refractivity contribution in [1.29, 1.82) is 0 Å². The summed E-state index contributed by atoms with van der Waals surface area (Å²) < 4.78 is 17.9. The fraction of sp³-hybridized carbons (Fsp3) is 0.121. The van der Waals surface area contributed by atoms with Crippen LogP contribution in [-0.4, -0.2) is 25.0 Å². The molecular weight excluding hydrogens is 600 g/mol. The molecule has 1 aliphatic rings. The van der Waals surface area contributed by atoms with Gasteiger partial charge in [-0.3, -0.25) is 14.9 Å². The highest BCUT2D eigenvalue weighted by molar-refractivity contribution is 9.10. The Morgan fingerprint density at radius 3 is 2.19 bits per heavy atom. The number of ether oxygens (including phenoxy) is 3. The summed E-state index contributed by atoms with van der Waals surface area (Å²) in [6.45, 7) is 2.72. The molecule has 0 radical (unpaired) electrons. The molecule has 212 valence electrons. The van der Waals surface area contributed by atoms with E-state index in [9.17, 15) is 14.4 Å². The van der Waals surface area contributed by atoms with Crippen LogP contribution in [0.1, 0.15) is 22.3 Å². The first-order valence-electron chi connectivity index (χ1n) is 13.1. The first-order valence-corrected chi connectivity index (χ1v) is 13.9. The SMILES string of the molecule is COc1cc(/C=C2\C(=O)NC(=O)N(c3ccc(OCc4ccc(C)cc4)cc3)C2=O)cc(Br)c1OCc1ccccc1. The summed E-state index contributed by atoms with van der Waals surface area (Å²) in [4.78, 5) is 39.8. The van der Waals surface area contributed by atoms with Gasteiger partial charge in [0.2, 0.25) is 0 Å². The highest BCUT2D eigenvalue weighted by atomic mass is 79.9. The van der Waals surface area contributed by atoms with Crippen LogP contribution in [-0.2, 0) is 22.8 Å². The lowest BCUT2D eigenvalue weighted by atomic mass is 10.1. The third-order valence-corrected chi connectivity index (χ3v) is 7.10. The van der Waals surface area contributed by atoms with E-state index >= 15 is 0 Å². The van der Waals surface area contributed by atoms with Gasteiger partial charge in [-0.15, -0.1) is 0 Å². The van der Waals surface area contributed by atoms with Crippen LogP contribution >= 0.6 is 15.9 Å². The molecule has 1 N–H and O–H groups in total. The smallest absolute Gasteiger partial charge is 0.335 e. The number of methoxy groups -OCH3 is 1. The number of rotatable bonds is 9. The van der Waals surface area contributed by atoms with Crippen molar-refractivity contribution in [3.05, 3.63) is 123 Å². The quantitative estimate of drug-likeness (QED) is 0.166. The minimum absolute atomic E-state index is 0.207. The van der Waals surface area contributed by atoms with Crippen molar-refractivity contribution in [2.75, 3.05) is 12.0 Å². The van der Waals surface area contributed by atoms with Crippen LogP contribution in [0, 0.1) is 6.92 Å². The molecule has 1 heterocycles. The maximum Gasteiger partial charge on any atom is 0.335 e. The van der Waals surface area contributed by atoms with E-state index in [0.29, 0.717) is 46.2 Å². The van der Waals surface area contributed by atoms with Crippen LogP contribution in [0.3, 0.4) is 0 Å². The lowest BCUT2D eigenvalue weighted by Gasteiger charge is -2.26. The second-order valence-electron chi connectivity index (χ2n) is 9.53. The van der Waals surface area contributed by atoms with Crippen molar-refractivity contribution in [1.82, 2.24) is 5.32 Å². The van der Waals surface area contributed by atoms with E-state index in [1.807, 2.05) is 61.5 Å². The molecule has 9 heteroatoms. The lowest BCUT2D eigenvalue weighted by Crippen LogP contribution is -2.54. The predicted octanol–water partition coefficient (Wildman–Crippen LogP) is 6.59. The van der Waals surface area contributed by atoms with Crippen LogP contribution in [0.15, 0.2) is 101 Å². The van der Waals surface area contributed by atoms with Crippen molar-refractivity contribution in [2.45, 2.75) is 20.1 Å². The van der Waals surface area contributed by atoms with E-state index in [0.717, 1.165) is 21.6 Å². The third-order valence-electron chi connectivity index (χ3n) is 6.51. The molecule has 0 spiro atoms. The number of benzene rings is 4. The van der Waals surface area contributed by atoms with E-state index < -0.39 is 17.8 Å². The molecule has 1 saturated heterocycles. The molecule has 0 atom stereocenters. The maximum absolute atomic E-state index is 13.4. The number of nitrogens with zero attached hydrogens (tertiary/aromatic N) is 1. The molecule has 1 fully saturated rings. The molecule has 0 unspecified atom stereocenters. The van der Waals surface area contributed by atoms with Gasteiger partial charge in [0.25, 0.3) is 11.8 Å². The van der Waals surface area contributed by atoms with Gasteiger partial charge in [-0.2, -0.15) is 0 Å². The van der Waals surface area contributed by atoms with Crippen molar-refractivity contribution >= 4 is 45.5 Å². The predicted molar refractivity (Wildman–Crippen MR) is 162 cm³/mol.